The minimum atomic E-state index is -3.85. The van der Waals surface area contributed by atoms with E-state index >= 15 is 0 Å². The molecule has 3 rings (SSSR count). The van der Waals surface area contributed by atoms with Gasteiger partial charge < -0.3 is 15.1 Å². The second kappa shape index (κ2) is 10.4. The van der Waals surface area contributed by atoms with Crippen LogP contribution < -0.4 is 10.2 Å². The van der Waals surface area contributed by atoms with Crippen molar-refractivity contribution in [2.45, 2.75) is 37.5 Å². The average Bonchev–Trinajstić information content (AvgIpc) is 2.96. The van der Waals surface area contributed by atoms with Gasteiger partial charge in [-0.3, -0.25) is 4.79 Å². The zero-order valence-electron chi connectivity index (χ0n) is 18.1. The maximum absolute atomic E-state index is 12.9. The standard InChI is InChI=1S/C23H30N4O3S/c1-3-27(20-12-6-4-7-13-20)18-23(28)24-19-11-10-14-21(17-19)31(29,30)25-22-15-8-5-9-16-26(22)2/h4,6-7,10-14,17H,3,5,8-9,15-16,18H2,1-2H3,(H,24,28)/b25-22-. The van der Waals surface area contributed by atoms with Crippen LogP contribution in [0.25, 0.3) is 0 Å². The van der Waals surface area contributed by atoms with Crippen molar-refractivity contribution in [1.82, 2.24) is 4.90 Å². The van der Waals surface area contributed by atoms with Crippen molar-refractivity contribution >= 4 is 33.1 Å². The molecule has 1 N–H and O–H groups in total. The van der Waals surface area contributed by atoms with Gasteiger partial charge in [-0.25, -0.2) is 0 Å². The first-order valence-electron chi connectivity index (χ1n) is 10.6. The highest BCUT2D eigenvalue weighted by atomic mass is 32.2. The summed E-state index contributed by atoms with van der Waals surface area (Å²) in [6, 6.07) is 16.0. The molecule has 1 amide bonds. The summed E-state index contributed by atoms with van der Waals surface area (Å²) < 4.78 is 29.8. The Kier molecular flexibility index (Phi) is 7.68. The highest BCUT2D eigenvalue weighted by molar-refractivity contribution is 7.90. The van der Waals surface area contributed by atoms with E-state index in [0.29, 0.717) is 24.5 Å². The molecule has 0 saturated carbocycles. The molecular formula is C23H30N4O3S. The molecule has 31 heavy (non-hydrogen) atoms. The smallest absolute Gasteiger partial charge is 0.284 e. The third kappa shape index (κ3) is 6.30. The summed E-state index contributed by atoms with van der Waals surface area (Å²) in [4.78, 5) is 16.5. The summed E-state index contributed by atoms with van der Waals surface area (Å²) in [6.45, 7) is 3.64. The number of likely N-dealkylation sites (tertiary alicyclic amines) is 1. The fourth-order valence-electron chi connectivity index (χ4n) is 3.57. The van der Waals surface area contributed by atoms with Crippen LogP contribution in [0.5, 0.6) is 0 Å². The first-order valence-corrected chi connectivity index (χ1v) is 12.1. The number of hydrogen-bond donors (Lipinski definition) is 1. The molecule has 0 atom stereocenters. The van der Waals surface area contributed by atoms with Gasteiger partial charge in [0.25, 0.3) is 10.0 Å². The largest absolute Gasteiger partial charge is 0.362 e. The maximum Gasteiger partial charge on any atom is 0.284 e. The van der Waals surface area contributed by atoms with E-state index in [-0.39, 0.29) is 17.3 Å². The van der Waals surface area contributed by atoms with E-state index in [1.54, 1.807) is 12.1 Å². The van der Waals surface area contributed by atoms with Gasteiger partial charge in [-0.05, 0) is 50.1 Å². The van der Waals surface area contributed by atoms with Crippen LogP contribution in [0, 0.1) is 0 Å². The van der Waals surface area contributed by atoms with Crippen LogP contribution in [0.1, 0.15) is 32.6 Å². The number of benzene rings is 2. The monoisotopic (exact) mass is 442 g/mol. The van der Waals surface area contributed by atoms with Crippen molar-refractivity contribution in [3.05, 3.63) is 54.6 Å². The van der Waals surface area contributed by atoms with Gasteiger partial charge in [-0.2, -0.15) is 8.42 Å². The van der Waals surface area contributed by atoms with Crippen LogP contribution in [0.4, 0.5) is 11.4 Å². The summed E-state index contributed by atoms with van der Waals surface area (Å²) in [5.41, 5.74) is 1.39. The Hall–Kier alpha value is -2.87. The Morgan fingerprint density at radius 3 is 2.61 bits per heavy atom. The van der Waals surface area contributed by atoms with Gasteiger partial charge in [0.15, 0.2) is 0 Å². The molecule has 0 aliphatic carbocycles. The number of anilines is 2. The summed E-state index contributed by atoms with van der Waals surface area (Å²) >= 11 is 0. The van der Waals surface area contributed by atoms with E-state index in [2.05, 4.69) is 9.71 Å². The van der Waals surface area contributed by atoms with Gasteiger partial charge in [-0.15, -0.1) is 4.40 Å². The van der Waals surface area contributed by atoms with Crippen LogP contribution in [0.2, 0.25) is 0 Å². The zero-order valence-corrected chi connectivity index (χ0v) is 18.9. The molecule has 0 bridgehead atoms. The van der Waals surface area contributed by atoms with Crippen molar-refractivity contribution in [1.29, 1.82) is 0 Å². The molecule has 1 fully saturated rings. The molecule has 8 heteroatoms. The fraction of sp³-hybridized carbons (Fsp3) is 0.391. The van der Waals surface area contributed by atoms with E-state index in [0.717, 1.165) is 31.5 Å². The van der Waals surface area contributed by atoms with Gasteiger partial charge in [-0.1, -0.05) is 30.7 Å². The Bertz CT molecular complexity index is 1020. The van der Waals surface area contributed by atoms with E-state index in [1.807, 2.05) is 54.1 Å². The minimum Gasteiger partial charge on any atom is -0.362 e. The van der Waals surface area contributed by atoms with Crippen LogP contribution in [-0.4, -0.2) is 51.7 Å². The molecule has 0 aromatic heterocycles. The number of likely N-dealkylation sites (N-methyl/N-ethyl adjacent to an activating group) is 1. The highest BCUT2D eigenvalue weighted by Gasteiger charge is 2.19. The molecule has 1 heterocycles. The third-order valence-corrected chi connectivity index (χ3v) is 6.61. The SMILES string of the molecule is CCN(CC(=O)Nc1cccc(S(=O)(=O)/N=C2/CCCCCN2C)c1)c1ccccc1. The number of rotatable bonds is 7. The lowest BCUT2D eigenvalue weighted by Gasteiger charge is -2.22. The molecule has 1 aliphatic rings. The van der Waals surface area contributed by atoms with Gasteiger partial charge in [0, 0.05) is 37.9 Å². The van der Waals surface area contributed by atoms with E-state index in [4.69, 9.17) is 0 Å². The number of hydrogen-bond acceptors (Lipinski definition) is 4. The lowest BCUT2D eigenvalue weighted by Crippen LogP contribution is -2.33. The first kappa shape index (κ1) is 22.8. The Morgan fingerprint density at radius 1 is 1.10 bits per heavy atom. The Balaban J connectivity index is 1.72. The summed E-state index contributed by atoms with van der Waals surface area (Å²) in [5, 5.41) is 2.81. The van der Waals surface area contributed by atoms with Crippen molar-refractivity contribution in [2.24, 2.45) is 4.40 Å². The lowest BCUT2D eigenvalue weighted by molar-refractivity contribution is -0.115. The van der Waals surface area contributed by atoms with Crippen LogP contribution in [0.15, 0.2) is 63.9 Å². The number of sulfonamides is 1. The van der Waals surface area contributed by atoms with Gasteiger partial charge >= 0.3 is 0 Å². The molecule has 1 aliphatic heterocycles. The predicted molar refractivity (Wildman–Crippen MR) is 125 cm³/mol. The van der Waals surface area contributed by atoms with Crippen molar-refractivity contribution in [3.63, 3.8) is 0 Å². The lowest BCUT2D eigenvalue weighted by atomic mass is 10.2. The van der Waals surface area contributed by atoms with Crippen molar-refractivity contribution in [3.8, 4) is 0 Å². The molecule has 166 valence electrons. The molecular weight excluding hydrogens is 412 g/mol. The maximum atomic E-state index is 12.9. The molecule has 0 unspecified atom stereocenters. The molecule has 2 aromatic rings. The molecule has 1 saturated heterocycles. The van der Waals surface area contributed by atoms with Gasteiger partial charge in [0.05, 0.1) is 11.4 Å². The summed E-state index contributed by atoms with van der Waals surface area (Å²) in [6.07, 6.45) is 3.69. The number of nitrogens with one attached hydrogen (secondary N) is 1. The normalized spacial score (nSPS) is 16.1. The fourth-order valence-corrected chi connectivity index (χ4v) is 4.71. The summed E-state index contributed by atoms with van der Waals surface area (Å²) in [7, 11) is -1.98. The van der Waals surface area contributed by atoms with Gasteiger partial charge in [0.2, 0.25) is 5.91 Å². The topological polar surface area (TPSA) is 82.1 Å². The van der Waals surface area contributed by atoms with Crippen LogP contribution >= 0.6 is 0 Å². The van der Waals surface area contributed by atoms with Crippen LogP contribution in [-0.2, 0) is 14.8 Å². The van der Waals surface area contributed by atoms with E-state index < -0.39 is 10.0 Å². The van der Waals surface area contributed by atoms with Crippen LogP contribution in [0.3, 0.4) is 0 Å². The zero-order chi connectivity index (χ0) is 22.3. The third-order valence-electron chi connectivity index (χ3n) is 5.31. The quantitative estimate of drug-likeness (QED) is 0.706. The molecule has 2 aromatic carbocycles. The van der Waals surface area contributed by atoms with E-state index in [1.165, 1.54) is 12.1 Å². The van der Waals surface area contributed by atoms with Crippen molar-refractivity contribution < 1.29 is 13.2 Å². The second-order valence-corrected chi connectivity index (χ2v) is 9.24. The molecule has 0 radical (unpaired) electrons. The highest BCUT2D eigenvalue weighted by Crippen LogP contribution is 2.20. The Labute approximate surface area is 184 Å². The minimum absolute atomic E-state index is 0.0749. The number of carbonyl (C=O) groups is 1. The van der Waals surface area contributed by atoms with Gasteiger partial charge in [0.1, 0.15) is 5.84 Å². The average molecular weight is 443 g/mol. The van der Waals surface area contributed by atoms with E-state index in [9.17, 15) is 13.2 Å². The predicted octanol–water partition coefficient (Wildman–Crippen LogP) is 3.74. The van der Waals surface area contributed by atoms with Crippen molar-refractivity contribution in [2.75, 3.05) is 36.9 Å². The number of carbonyl (C=O) groups excluding carboxylic acids is 1. The summed E-state index contributed by atoms with van der Waals surface area (Å²) in [5.74, 6) is 0.378. The number of nitrogens with zero attached hydrogens (tertiary/aromatic N) is 3. The molecule has 7 nitrogen and oxygen atoms in total. The number of amides is 1. The first-order chi connectivity index (χ1) is 14.9. The number of para-hydroxylation sites is 1. The number of amidine groups is 1. The Morgan fingerprint density at radius 2 is 1.87 bits per heavy atom. The second-order valence-electron chi connectivity index (χ2n) is 7.64. The molecule has 0 spiro atoms.